The van der Waals surface area contributed by atoms with Crippen LogP contribution in [0.3, 0.4) is 0 Å². The van der Waals surface area contributed by atoms with Crippen LogP contribution in [0, 0.1) is 0 Å². The Morgan fingerprint density at radius 1 is 0.839 bits per heavy atom. The van der Waals surface area contributed by atoms with Crippen molar-refractivity contribution >= 4 is 23.5 Å². The fraction of sp³-hybridized carbons (Fsp3) is 0.304. The molecule has 1 aliphatic heterocycles. The van der Waals surface area contributed by atoms with Crippen molar-refractivity contribution in [2.24, 2.45) is 0 Å². The van der Waals surface area contributed by atoms with Gasteiger partial charge in [-0.2, -0.15) is 0 Å². The molecule has 0 spiro atoms. The standard InChI is InChI=1S/C23H25N3O5/c27-20(15-26-14-6-2-5-9-22(26)29)24-25-21(28)16-31-19-12-10-18(11-13-19)23(30)17-7-3-1-4-8-17/h1,3-4,7-8,10-13H,2,5-6,9,14-16H2,(H,24,27)(H,25,28). The van der Waals surface area contributed by atoms with E-state index in [1.54, 1.807) is 48.5 Å². The van der Waals surface area contributed by atoms with E-state index in [4.69, 9.17) is 4.74 Å². The summed E-state index contributed by atoms with van der Waals surface area (Å²) in [7, 11) is 0. The number of rotatable bonds is 7. The first kappa shape index (κ1) is 22.0. The van der Waals surface area contributed by atoms with Crippen LogP contribution < -0.4 is 15.6 Å². The second kappa shape index (κ2) is 10.9. The Kier molecular flexibility index (Phi) is 7.75. The number of nitrogens with zero attached hydrogens (tertiary/aromatic N) is 1. The number of ketones is 1. The second-order valence-electron chi connectivity index (χ2n) is 7.23. The van der Waals surface area contributed by atoms with Crippen molar-refractivity contribution in [1.82, 2.24) is 15.8 Å². The smallest absolute Gasteiger partial charge is 0.276 e. The van der Waals surface area contributed by atoms with Gasteiger partial charge >= 0.3 is 0 Å². The number of hydrogen-bond donors (Lipinski definition) is 2. The van der Waals surface area contributed by atoms with E-state index in [1.165, 1.54) is 4.90 Å². The van der Waals surface area contributed by atoms with E-state index in [1.807, 2.05) is 6.07 Å². The Balaban J connectivity index is 1.40. The summed E-state index contributed by atoms with van der Waals surface area (Å²) in [5.41, 5.74) is 5.66. The number of hydrogen-bond acceptors (Lipinski definition) is 5. The van der Waals surface area contributed by atoms with Crippen LogP contribution in [0.25, 0.3) is 0 Å². The van der Waals surface area contributed by atoms with Gasteiger partial charge in [-0.15, -0.1) is 0 Å². The number of amides is 3. The van der Waals surface area contributed by atoms with Gasteiger partial charge in [0.1, 0.15) is 12.3 Å². The predicted octanol–water partition coefficient (Wildman–Crippen LogP) is 1.85. The molecule has 0 radical (unpaired) electrons. The first-order valence-electron chi connectivity index (χ1n) is 10.2. The Morgan fingerprint density at radius 3 is 2.26 bits per heavy atom. The van der Waals surface area contributed by atoms with E-state index in [-0.39, 0.29) is 24.8 Å². The lowest BCUT2D eigenvalue weighted by Gasteiger charge is -2.19. The number of likely N-dealkylation sites (tertiary alicyclic amines) is 1. The monoisotopic (exact) mass is 423 g/mol. The van der Waals surface area contributed by atoms with Crippen LogP contribution in [0.5, 0.6) is 5.75 Å². The van der Waals surface area contributed by atoms with E-state index in [0.29, 0.717) is 29.8 Å². The molecule has 31 heavy (non-hydrogen) atoms. The van der Waals surface area contributed by atoms with E-state index >= 15 is 0 Å². The lowest BCUT2D eigenvalue weighted by molar-refractivity contribution is -0.136. The molecule has 1 heterocycles. The lowest BCUT2D eigenvalue weighted by atomic mass is 10.0. The normalized spacial score (nSPS) is 13.8. The molecule has 1 aliphatic rings. The van der Waals surface area contributed by atoms with Gasteiger partial charge in [-0.25, -0.2) is 0 Å². The molecule has 0 unspecified atom stereocenters. The van der Waals surface area contributed by atoms with Gasteiger partial charge in [0.2, 0.25) is 5.91 Å². The fourth-order valence-corrected chi connectivity index (χ4v) is 3.20. The highest BCUT2D eigenvalue weighted by Gasteiger charge is 2.19. The van der Waals surface area contributed by atoms with Crippen molar-refractivity contribution in [3.63, 3.8) is 0 Å². The SMILES string of the molecule is O=C(COc1ccc(C(=O)c2ccccc2)cc1)NNC(=O)CN1CCCCCC1=O. The molecule has 0 atom stereocenters. The molecule has 0 aromatic heterocycles. The van der Waals surface area contributed by atoms with Crippen LogP contribution in [-0.4, -0.2) is 48.1 Å². The zero-order chi connectivity index (χ0) is 22.1. The molecule has 2 N–H and O–H groups in total. The molecular formula is C23H25N3O5. The zero-order valence-electron chi connectivity index (χ0n) is 17.1. The minimum atomic E-state index is -0.542. The Labute approximate surface area is 180 Å². The summed E-state index contributed by atoms with van der Waals surface area (Å²) in [4.78, 5) is 49.7. The summed E-state index contributed by atoms with van der Waals surface area (Å²) in [6, 6.07) is 15.4. The van der Waals surface area contributed by atoms with Crippen molar-refractivity contribution in [3.05, 3.63) is 65.7 Å². The summed E-state index contributed by atoms with van der Waals surface area (Å²) in [5, 5.41) is 0. The Hall–Kier alpha value is -3.68. The van der Waals surface area contributed by atoms with Crippen LogP contribution in [0.15, 0.2) is 54.6 Å². The van der Waals surface area contributed by atoms with Gasteiger partial charge in [0, 0.05) is 24.1 Å². The third-order valence-electron chi connectivity index (χ3n) is 4.87. The topological polar surface area (TPSA) is 105 Å². The summed E-state index contributed by atoms with van der Waals surface area (Å²) in [6.07, 6.45) is 3.13. The highest BCUT2D eigenvalue weighted by atomic mass is 16.5. The van der Waals surface area contributed by atoms with Crippen LogP contribution in [0.4, 0.5) is 0 Å². The van der Waals surface area contributed by atoms with Gasteiger partial charge in [0.05, 0.1) is 0 Å². The van der Waals surface area contributed by atoms with Crippen molar-refractivity contribution in [2.75, 3.05) is 19.7 Å². The van der Waals surface area contributed by atoms with Gasteiger partial charge in [-0.3, -0.25) is 30.0 Å². The highest BCUT2D eigenvalue weighted by Crippen LogP contribution is 2.15. The van der Waals surface area contributed by atoms with E-state index in [9.17, 15) is 19.2 Å². The Morgan fingerprint density at radius 2 is 1.52 bits per heavy atom. The van der Waals surface area contributed by atoms with Gasteiger partial charge < -0.3 is 9.64 Å². The fourth-order valence-electron chi connectivity index (χ4n) is 3.20. The average Bonchev–Trinajstić information content (AvgIpc) is 3.00. The molecule has 3 amide bonds. The molecule has 2 aromatic carbocycles. The molecule has 0 bridgehead atoms. The van der Waals surface area contributed by atoms with Crippen LogP contribution >= 0.6 is 0 Å². The molecule has 2 aromatic rings. The Bertz CT molecular complexity index is 928. The zero-order valence-corrected chi connectivity index (χ0v) is 17.1. The molecule has 0 saturated carbocycles. The van der Waals surface area contributed by atoms with Crippen molar-refractivity contribution in [2.45, 2.75) is 25.7 Å². The lowest BCUT2D eigenvalue weighted by Crippen LogP contribution is -2.48. The van der Waals surface area contributed by atoms with E-state index < -0.39 is 11.8 Å². The van der Waals surface area contributed by atoms with Gasteiger partial charge in [-0.05, 0) is 37.1 Å². The number of hydrazine groups is 1. The molecular weight excluding hydrogens is 398 g/mol. The van der Waals surface area contributed by atoms with Crippen molar-refractivity contribution in [1.29, 1.82) is 0 Å². The molecule has 3 rings (SSSR count). The number of benzene rings is 2. The molecule has 8 heteroatoms. The largest absolute Gasteiger partial charge is 0.484 e. The van der Waals surface area contributed by atoms with Gasteiger partial charge in [0.15, 0.2) is 12.4 Å². The van der Waals surface area contributed by atoms with Crippen LogP contribution in [0.2, 0.25) is 0 Å². The molecule has 0 aliphatic carbocycles. The van der Waals surface area contributed by atoms with E-state index in [2.05, 4.69) is 10.9 Å². The molecule has 1 fully saturated rings. The highest BCUT2D eigenvalue weighted by molar-refractivity contribution is 6.09. The summed E-state index contributed by atoms with van der Waals surface area (Å²) in [5.74, 6) is -0.736. The third kappa shape index (κ3) is 6.67. The molecule has 162 valence electrons. The number of carbonyl (C=O) groups is 4. The number of nitrogens with one attached hydrogen (secondary N) is 2. The first-order valence-corrected chi connectivity index (χ1v) is 10.2. The molecule has 8 nitrogen and oxygen atoms in total. The number of ether oxygens (including phenoxy) is 1. The van der Waals surface area contributed by atoms with Crippen LogP contribution in [-0.2, 0) is 14.4 Å². The van der Waals surface area contributed by atoms with Crippen LogP contribution in [0.1, 0.15) is 41.6 Å². The minimum Gasteiger partial charge on any atom is -0.484 e. The second-order valence-corrected chi connectivity index (χ2v) is 7.23. The van der Waals surface area contributed by atoms with Gasteiger partial charge in [-0.1, -0.05) is 36.8 Å². The first-order chi connectivity index (χ1) is 15.0. The van der Waals surface area contributed by atoms with E-state index in [0.717, 1.165) is 19.3 Å². The molecule has 1 saturated heterocycles. The average molecular weight is 423 g/mol. The maximum Gasteiger partial charge on any atom is 0.276 e. The third-order valence-corrected chi connectivity index (χ3v) is 4.87. The number of carbonyl (C=O) groups excluding carboxylic acids is 4. The quantitative estimate of drug-likeness (QED) is 0.522. The minimum absolute atomic E-state index is 0.0449. The summed E-state index contributed by atoms with van der Waals surface area (Å²) in [6.45, 7) is 0.151. The van der Waals surface area contributed by atoms with Crippen molar-refractivity contribution in [3.8, 4) is 5.75 Å². The predicted molar refractivity (Wildman–Crippen MR) is 113 cm³/mol. The summed E-state index contributed by atoms with van der Waals surface area (Å²) >= 11 is 0. The van der Waals surface area contributed by atoms with Gasteiger partial charge in [0.25, 0.3) is 11.8 Å². The van der Waals surface area contributed by atoms with Crippen molar-refractivity contribution < 1.29 is 23.9 Å². The summed E-state index contributed by atoms with van der Waals surface area (Å²) < 4.78 is 5.38. The maximum absolute atomic E-state index is 12.4. The maximum atomic E-state index is 12.4.